The van der Waals surface area contributed by atoms with Gasteiger partial charge >= 0.3 is 0 Å². The molecule has 0 radical (unpaired) electrons. The molecule has 1 saturated heterocycles. The number of benzene rings is 1. The number of ether oxygens (including phenoxy) is 1. The van der Waals surface area contributed by atoms with E-state index in [0.717, 1.165) is 36.2 Å². The summed E-state index contributed by atoms with van der Waals surface area (Å²) in [5, 5.41) is 0. The van der Waals surface area contributed by atoms with Crippen LogP contribution in [0.25, 0.3) is 0 Å². The molecule has 92 valence electrons. The quantitative estimate of drug-likeness (QED) is 0.859. The maximum atomic E-state index is 11.8. The molecule has 1 aromatic rings. The Morgan fingerprint density at radius 1 is 1.18 bits per heavy atom. The number of likely N-dealkylation sites (tertiary alicyclic amines) is 1. The molecule has 0 atom stereocenters. The van der Waals surface area contributed by atoms with E-state index in [0.29, 0.717) is 0 Å². The Balaban J connectivity index is 1.81. The van der Waals surface area contributed by atoms with Crippen LogP contribution in [-0.4, -0.2) is 30.5 Å². The average Bonchev–Trinajstić information content (AvgIpc) is 2.39. The van der Waals surface area contributed by atoms with Crippen molar-refractivity contribution in [3.8, 4) is 5.75 Å². The fourth-order valence-electron chi connectivity index (χ4n) is 1.91. The summed E-state index contributed by atoms with van der Waals surface area (Å²) < 4.78 is 6.47. The van der Waals surface area contributed by atoms with E-state index in [-0.39, 0.29) is 12.5 Å². The fourth-order valence-corrected chi connectivity index (χ4v) is 2.17. The summed E-state index contributed by atoms with van der Waals surface area (Å²) in [6, 6.07) is 7.52. The summed E-state index contributed by atoms with van der Waals surface area (Å²) in [6.07, 6.45) is 3.46. The lowest BCUT2D eigenvalue weighted by Crippen LogP contribution is -2.38. The van der Waals surface area contributed by atoms with Gasteiger partial charge in [-0.1, -0.05) is 15.9 Å². The lowest BCUT2D eigenvalue weighted by atomic mass is 10.1. The van der Waals surface area contributed by atoms with Crippen molar-refractivity contribution >= 4 is 21.8 Å². The first-order valence-electron chi connectivity index (χ1n) is 5.92. The van der Waals surface area contributed by atoms with E-state index in [1.807, 2.05) is 29.2 Å². The summed E-state index contributed by atoms with van der Waals surface area (Å²) in [6.45, 7) is 1.90. The maximum absolute atomic E-state index is 11.8. The Hall–Kier alpha value is -1.03. The fraction of sp³-hybridized carbons (Fsp3) is 0.462. The first-order valence-corrected chi connectivity index (χ1v) is 6.71. The molecular formula is C13H16BrNO2. The highest BCUT2D eigenvalue weighted by molar-refractivity contribution is 9.10. The summed E-state index contributed by atoms with van der Waals surface area (Å²) in [5.74, 6) is 0.825. The van der Waals surface area contributed by atoms with Gasteiger partial charge in [-0.15, -0.1) is 0 Å². The number of carbonyl (C=O) groups is 1. The normalized spacial score (nSPS) is 15.7. The molecule has 2 rings (SSSR count). The van der Waals surface area contributed by atoms with Gasteiger partial charge in [0, 0.05) is 17.6 Å². The molecule has 4 heteroatoms. The second-order valence-corrected chi connectivity index (χ2v) is 5.10. The molecule has 0 unspecified atom stereocenters. The lowest BCUT2D eigenvalue weighted by Gasteiger charge is -2.26. The van der Waals surface area contributed by atoms with Crippen LogP contribution in [0.2, 0.25) is 0 Å². The van der Waals surface area contributed by atoms with Crippen molar-refractivity contribution < 1.29 is 9.53 Å². The molecular weight excluding hydrogens is 282 g/mol. The van der Waals surface area contributed by atoms with Crippen LogP contribution in [0, 0.1) is 0 Å². The summed E-state index contributed by atoms with van der Waals surface area (Å²) in [4.78, 5) is 13.7. The van der Waals surface area contributed by atoms with E-state index in [1.165, 1.54) is 6.42 Å². The molecule has 1 aliphatic heterocycles. The van der Waals surface area contributed by atoms with Crippen molar-refractivity contribution in [2.45, 2.75) is 19.3 Å². The van der Waals surface area contributed by atoms with E-state index in [4.69, 9.17) is 4.74 Å². The molecule has 0 aliphatic carbocycles. The SMILES string of the molecule is O=C(COc1ccc(Br)cc1)N1CCCCC1. The van der Waals surface area contributed by atoms with Gasteiger partial charge in [0.2, 0.25) is 0 Å². The number of nitrogens with zero attached hydrogens (tertiary/aromatic N) is 1. The number of amides is 1. The highest BCUT2D eigenvalue weighted by Crippen LogP contribution is 2.16. The molecule has 0 spiro atoms. The van der Waals surface area contributed by atoms with Crippen LogP contribution >= 0.6 is 15.9 Å². The predicted molar refractivity (Wildman–Crippen MR) is 70.1 cm³/mol. The van der Waals surface area contributed by atoms with Crippen molar-refractivity contribution in [3.05, 3.63) is 28.7 Å². The van der Waals surface area contributed by atoms with E-state index in [1.54, 1.807) is 0 Å². The van der Waals surface area contributed by atoms with Gasteiger partial charge in [-0.3, -0.25) is 4.79 Å². The van der Waals surface area contributed by atoms with Crippen LogP contribution in [-0.2, 0) is 4.79 Å². The monoisotopic (exact) mass is 297 g/mol. The zero-order chi connectivity index (χ0) is 12.1. The van der Waals surface area contributed by atoms with Gasteiger partial charge < -0.3 is 9.64 Å². The number of piperidine rings is 1. The van der Waals surface area contributed by atoms with Crippen molar-refractivity contribution in [3.63, 3.8) is 0 Å². The van der Waals surface area contributed by atoms with Gasteiger partial charge in [-0.25, -0.2) is 0 Å². The maximum Gasteiger partial charge on any atom is 0.260 e. The zero-order valence-corrected chi connectivity index (χ0v) is 11.3. The number of hydrogen-bond acceptors (Lipinski definition) is 2. The Morgan fingerprint density at radius 3 is 2.47 bits per heavy atom. The Kier molecular flexibility index (Phi) is 4.42. The van der Waals surface area contributed by atoms with E-state index in [2.05, 4.69) is 15.9 Å². The highest BCUT2D eigenvalue weighted by atomic mass is 79.9. The molecule has 17 heavy (non-hydrogen) atoms. The third-order valence-corrected chi connectivity index (χ3v) is 3.41. The van der Waals surface area contributed by atoms with Crippen LogP contribution in [0.5, 0.6) is 5.75 Å². The minimum absolute atomic E-state index is 0.0904. The van der Waals surface area contributed by atoms with Crippen LogP contribution in [0.4, 0.5) is 0 Å². The van der Waals surface area contributed by atoms with E-state index >= 15 is 0 Å². The molecule has 1 amide bonds. The molecule has 0 aromatic heterocycles. The largest absolute Gasteiger partial charge is 0.484 e. The predicted octanol–water partition coefficient (Wildman–Crippen LogP) is 2.84. The first-order chi connectivity index (χ1) is 8.25. The zero-order valence-electron chi connectivity index (χ0n) is 9.69. The lowest BCUT2D eigenvalue weighted by molar-refractivity contribution is -0.134. The van der Waals surface area contributed by atoms with Crippen molar-refractivity contribution in [2.75, 3.05) is 19.7 Å². The van der Waals surface area contributed by atoms with Gasteiger partial charge in [0.25, 0.3) is 5.91 Å². The third-order valence-electron chi connectivity index (χ3n) is 2.88. The van der Waals surface area contributed by atoms with Crippen molar-refractivity contribution in [2.24, 2.45) is 0 Å². The molecule has 0 N–H and O–H groups in total. The van der Waals surface area contributed by atoms with Gasteiger partial charge in [0.15, 0.2) is 6.61 Å². The number of rotatable bonds is 3. The summed E-state index contributed by atoms with van der Waals surface area (Å²) >= 11 is 3.36. The Bertz CT molecular complexity index is 372. The van der Waals surface area contributed by atoms with Gasteiger partial charge in [-0.05, 0) is 43.5 Å². The molecule has 0 bridgehead atoms. The highest BCUT2D eigenvalue weighted by Gasteiger charge is 2.16. The molecule has 0 saturated carbocycles. The third kappa shape index (κ3) is 3.73. The molecule has 3 nitrogen and oxygen atoms in total. The second kappa shape index (κ2) is 6.05. The van der Waals surface area contributed by atoms with Crippen LogP contribution in [0.3, 0.4) is 0 Å². The van der Waals surface area contributed by atoms with Crippen molar-refractivity contribution in [1.82, 2.24) is 4.90 Å². The van der Waals surface area contributed by atoms with Crippen molar-refractivity contribution in [1.29, 1.82) is 0 Å². The van der Waals surface area contributed by atoms with Crippen LogP contribution in [0.1, 0.15) is 19.3 Å². The Morgan fingerprint density at radius 2 is 1.82 bits per heavy atom. The number of hydrogen-bond donors (Lipinski definition) is 0. The Labute approximate surface area is 110 Å². The van der Waals surface area contributed by atoms with Crippen LogP contribution < -0.4 is 4.74 Å². The van der Waals surface area contributed by atoms with Gasteiger partial charge in [-0.2, -0.15) is 0 Å². The molecule has 1 aromatic carbocycles. The number of carbonyl (C=O) groups excluding carboxylic acids is 1. The first kappa shape index (κ1) is 12.4. The second-order valence-electron chi connectivity index (χ2n) is 4.18. The summed E-state index contributed by atoms with van der Waals surface area (Å²) in [7, 11) is 0. The van der Waals surface area contributed by atoms with Gasteiger partial charge in [0.1, 0.15) is 5.75 Å². The average molecular weight is 298 g/mol. The number of halogens is 1. The molecule has 1 aliphatic rings. The smallest absolute Gasteiger partial charge is 0.260 e. The van der Waals surface area contributed by atoms with Crippen LogP contribution in [0.15, 0.2) is 28.7 Å². The van der Waals surface area contributed by atoms with E-state index in [9.17, 15) is 4.79 Å². The standard InChI is InChI=1S/C13H16BrNO2/c14-11-4-6-12(7-5-11)17-10-13(16)15-8-2-1-3-9-15/h4-7H,1-3,8-10H2. The minimum atomic E-state index is 0.0904. The topological polar surface area (TPSA) is 29.5 Å². The molecule has 1 heterocycles. The minimum Gasteiger partial charge on any atom is -0.484 e. The summed E-state index contributed by atoms with van der Waals surface area (Å²) in [5.41, 5.74) is 0. The van der Waals surface area contributed by atoms with E-state index < -0.39 is 0 Å². The van der Waals surface area contributed by atoms with Gasteiger partial charge in [0.05, 0.1) is 0 Å². The molecule has 1 fully saturated rings.